The van der Waals surface area contributed by atoms with E-state index in [1.165, 1.54) is 16.0 Å². The predicted molar refractivity (Wildman–Crippen MR) is 95.0 cm³/mol. The molecule has 0 amide bonds. The summed E-state index contributed by atoms with van der Waals surface area (Å²) in [6.45, 7) is 7.18. The molecule has 2 aromatic carbocycles. The van der Waals surface area contributed by atoms with Crippen LogP contribution in [-0.2, 0) is 19.7 Å². The van der Waals surface area contributed by atoms with Crippen molar-refractivity contribution in [1.29, 1.82) is 0 Å². The topological polar surface area (TPSA) is 23.5 Å². The third-order valence-electron chi connectivity index (χ3n) is 3.62. The summed E-state index contributed by atoms with van der Waals surface area (Å²) in [6.07, 6.45) is 0. The molecule has 3 heteroatoms. The maximum atomic E-state index is 9.29. The highest BCUT2D eigenvalue weighted by molar-refractivity contribution is 7.99. The molecule has 0 unspecified atom stereocenters. The van der Waals surface area contributed by atoms with E-state index in [1.54, 1.807) is 0 Å². The van der Waals surface area contributed by atoms with Crippen molar-refractivity contribution in [2.45, 2.75) is 38.4 Å². The highest BCUT2D eigenvalue weighted by Crippen LogP contribution is 2.29. The maximum Gasteiger partial charge on any atom is 0.0681 e. The van der Waals surface area contributed by atoms with E-state index in [0.717, 1.165) is 31.0 Å². The van der Waals surface area contributed by atoms with Gasteiger partial charge in [0.2, 0.25) is 0 Å². The van der Waals surface area contributed by atoms with Crippen molar-refractivity contribution in [3.8, 4) is 0 Å². The van der Waals surface area contributed by atoms with Gasteiger partial charge in [0.1, 0.15) is 0 Å². The summed E-state index contributed by atoms with van der Waals surface area (Å²) in [7, 11) is 0. The Morgan fingerprint density at radius 1 is 1.05 bits per heavy atom. The Kier molecular flexibility index (Phi) is 6.97. The largest absolute Gasteiger partial charge is 0.392 e. The van der Waals surface area contributed by atoms with E-state index in [0.29, 0.717) is 0 Å². The molecule has 0 aromatic heterocycles. The van der Waals surface area contributed by atoms with Crippen molar-refractivity contribution in [2.75, 3.05) is 12.3 Å². The first-order valence-electron chi connectivity index (χ1n) is 7.97. The maximum absolute atomic E-state index is 9.29. The van der Waals surface area contributed by atoms with Gasteiger partial charge in [-0.3, -0.25) is 4.90 Å². The molecule has 3 rings (SSSR count). The van der Waals surface area contributed by atoms with Gasteiger partial charge in [0.15, 0.2) is 0 Å². The molecule has 1 heterocycles. The van der Waals surface area contributed by atoms with Gasteiger partial charge in [-0.25, -0.2) is 0 Å². The fourth-order valence-electron chi connectivity index (χ4n) is 2.58. The Bertz CT molecular complexity index is 571. The van der Waals surface area contributed by atoms with Crippen LogP contribution in [0.3, 0.4) is 0 Å². The summed E-state index contributed by atoms with van der Waals surface area (Å²) in [4.78, 5) is 3.84. The monoisotopic (exact) mass is 315 g/mol. The first kappa shape index (κ1) is 17.1. The van der Waals surface area contributed by atoms with Gasteiger partial charge >= 0.3 is 0 Å². The van der Waals surface area contributed by atoms with Crippen LogP contribution in [0, 0.1) is 0 Å². The fourth-order valence-corrected chi connectivity index (χ4v) is 3.62. The number of aliphatic hydroxyl groups is 1. The van der Waals surface area contributed by atoms with Crippen molar-refractivity contribution in [1.82, 2.24) is 4.90 Å². The van der Waals surface area contributed by atoms with E-state index < -0.39 is 0 Å². The molecule has 0 aliphatic carbocycles. The Labute approximate surface area is 138 Å². The van der Waals surface area contributed by atoms with Crippen LogP contribution in [0.4, 0.5) is 0 Å². The molecule has 2 nitrogen and oxygen atoms in total. The zero-order valence-electron chi connectivity index (χ0n) is 13.5. The van der Waals surface area contributed by atoms with Crippen LogP contribution in [-0.4, -0.2) is 22.3 Å². The predicted octanol–water partition coefficient (Wildman–Crippen LogP) is 4.31. The highest BCUT2D eigenvalue weighted by Gasteiger charge is 2.15. The van der Waals surface area contributed by atoms with Gasteiger partial charge in [-0.15, -0.1) is 11.8 Å². The summed E-state index contributed by atoms with van der Waals surface area (Å²) >= 11 is 1.92. The van der Waals surface area contributed by atoms with Crippen LogP contribution < -0.4 is 0 Å². The third kappa shape index (κ3) is 4.60. The van der Waals surface area contributed by atoms with Crippen molar-refractivity contribution in [2.24, 2.45) is 0 Å². The van der Waals surface area contributed by atoms with Crippen LogP contribution in [0.15, 0.2) is 53.4 Å². The lowest BCUT2D eigenvalue weighted by Crippen LogP contribution is -2.24. The van der Waals surface area contributed by atoms with Crippen molar-refractivity contribution in [3.05, 3.63) is 65.2 Å². The minimum absolute atomic E-state index is 0.122. The average molecular weight is 315 g/mol. The molecule has 0 atom stereocenters. The molecule has 22 heavy (non-hydrogen) atoms. The normalized spacial score (nSPS) is 14.5. The van der Waals surface area contributed by atoms with Gasteiger partial charge in [-0.05, 0) is 22.8 Å². The standard InChI is InChI=1S/C17H19NOS.C2H6/c19-13-15-6-7-17-16(10-15)12-18(8-9-20-17)11-14-4-2-1-3-5-14;1-2/h1-7,10,19H,8-9,11-13H2;1-2H3. The first-order valence-corrected chi connectivity index (χ1v) is 8.95. The molecule has 118 valence electrons. The number of hydrogen-bond acceptors (Lipinski definition) is 3. The van der Waals surface area contributed by atoms with Gasteiger partial charge in [-0.1, -0.05) is 56.3 Å². The molecule has 0 bridgehead atoms. The summed E-state index contributed by atoms with van der Waals surface area (Å²) < 4.78 is 0. The third-order valence-corrected chi connectivity index (χ3v) is 4.71. The molecule has 0 fully saturated rings. The molecule has 0 saturated carbocycles. The quantitative estimate of drug-likeness (QED) is 0.913. The lowest BCUT2D eigenvalue weighted by atomic mass is 10.1. The lowest BCUT2D eigenvalue weighted by Gasteiger charge is -2.20. The number of aliphatic hydroxyl groups excluding tert-OH is 1. The summed E-state index contributed by atoms with van der Waals surface area (Å²) in [6, 6.07) is 16.9. The second-order valence-corrected chi connectivity index (χ2v) is 6.28. The molecular weight excluding hydrogens is 290 g/mol. The first-order chi connectivity index (χ1) is 10.8. The molecule has 0 spiro atoms. The average Bonchev–Trinajstić information content (AvgIpc) is 2.78. The van der Waals surface area contributed by atoms with Gasteiger partial charge < -0.3 is 5.11 Å². The number of rotatable bonds is 3. The van der Waals surface area contributed by atoms with Crippen LogP contribution in [0.2, 0.25) is 0 Å². The van der Waals surface area contributed by atoms with E-state index in [-0.39, 0.29) is 6.61 Å². The molecule has 1 N–H and O–H groups in total. The Balaban J connectivity index is 0.000000847. The summed E-state index contributed by atoms with van der Waals surface area (Å²) in [5, 5.41) is 9.29. The molecule has 1 aliphatic rings. The number of thioether (sulfide) groups is 1. The van der Waals surface area contributed by atoms with Gasteiger partial charge in [0.05, 0.1) is 6.61 Å². The minimum atomic E-state index is 0.122. The second kappa shape index (κ2) is 8.99. The zero-order chi connectivity index (χ0) is 15.8. The number of benzene rings is 2. The minimum Gasteiger partial charge on any atom is -0.392 e. The SMILES string of the molecule is CC.OCc1ccc2c(c1)CN(Cc1ccccc1)CCS2. The summed E-state index contributed by atoms with van der Waals surface area (Å²) in [5.41, 5.74) is 3.71. The van der Waals surface area contributed by atoms with Gasteiger partial charge in [0, 0.05) is 30.3 Å². The Morgan fingerprint density at radius 3 is 2.55 bits per heavy atom. The molecule has 1 aliphatic heterocycles. The van der Waals surface area contributed by atoms with Gasteiger partial charge in [0.25, 0.3) is 0 Å². The Hall–Kier alpha value is -1.29. The van der Waals surface area contributed by atoms with Crippen LogP contribution in [0.1, 0.15) is 30.5 Å². The zero-order valence-corrected chi connectivity index (χ0v) is 14.3. The van der Waals surface area contributed by atoms with E-state index in [4.69, 9.17) is 0 Å². The number of nitrogens with zero attached hydrogens (tertiary/aromatic N) is 1. The van der Waals surface area contributed by atoms with Crippen molar-refractivity contribution in [3.63, 3.8) is 0 Å². The highest BCUT2D eigenvalue weighted by atomic mass is 32.2. The fraction of sp³-hybridized carbons (Fsp3) is 0.368. The van der Waals surface area contributed by atoms with E-state index in [9.17, 15) is 5.11 Å². The van der Waals surface area contributed by atoms with E-state index >= 15 is 0 Å². The number of fused-ring (bicyclic) bond motifs is 1. The van der Waals surface area contributed by atoms with Gasteiger partial charge in [-0.2, -0.15) is 0 Å². The van der Waals surface area contributed by atoms with Crippen LogP contribution in [0.25, 0.3) is 0 Å². The number of hydrogen-bond donors (Lipinski definition) is 1. The van der Waals surface area contributed by atoms with E-state index in [1.807, 2.05) is 31.7 Å². The summed E-state index contributed by atoms with van der Waals surface area (Å²) in [5.74, 6) is 1.12. The smallest absolute Gasteiger partial charge is 0.0681 e. The molecule has 2 aromatic rings. The molecule has 0 saturated heterocycles. The van der Waals surface area contributed by atoms with E-state index in [2.05, 4.69) is 47.4 Å². The second-order valence-electron chi connectivity index (χ2n) is 5.14. The van der Waals surface area contributed by atoms with Crippen molar-refractivity contribution >= 4 is 11.8 Å². The Morgan fingerprint density at radius 2 is 1.82 bits per heavy atom. The van der Waals surface area contributed by atoms with Crippen molar-refractivity contribution < 1.29 is 5.11 Å². The van der Waals surface area contributed by atoms with Crippen LogP contribution >= 0.6 is 11.8 Å². The molecule has 0 radical (unpaired) electrons. The molecular formula is C19H25NOS. The lowest BCUT2D eigenvalue weighted by molar-refractivity contribution is 0.271. The van der Waals surface area contributed by atoms with Crippen LogP contribution in [0.5, 0.6) is 0 Å².